The van der Waals surface area contributed by atoms with Gasteiger partial charge in [0.05, 0.1) is 6.54 Å². The van der Waals surface area contributed by atoms with Gasteiger partial charge in [0.2, 0.25) is 0 Å². The number of oxazole rings is 1. The molecule has 8 nitrogen and oxygen atoms in total. The zero-order valence-electron chi connectivity index (χ0n) is 16.4. The highest BCUT2D eigenvalue weighted by Crippen LogP contribution is 2.30. The van der Waals surface area contributed by atoms with E-state index < -0.39 is 5.69 Å². The van der Waals surface area contributed by atoms with Gasteiger partial charge < -0.3 is 19.0 Å². The third-order valence-electron chi connectivity index (χ3n) is 5.25. The van der Waals surface area contributed by atoms with Crippen LogP contribution in [0.15, 0.2) is 15.3 Å². The summed E-state index contributed by atoms with van der Waals surface area (Å²) in [4.78, 5) is 37.8. The van der Waals surface area contributed by atoms with Crippen LogP contribution in [0, 0.1) is 5.92 Å². The number of carbonyl (C=O) groups excluding carboxylic acids is 1. The Hall–Kier alpha value is -2.48. The number of aromatic nitrogens is 3. The first-order valence-electron chi connectivity index (χ1n) is 9.95. The van der Waals surface area contributed by atoms with Crippen LogP contribution in [-0.4, -0.2) is 45.5 Å². The van der Waals surface area contributed by atoms with E-state index in [9.17, 15) is 9.59 Å². The number of hydrogen-bond donors (Lipinski definition) is 1. The summed E-state index contributed by atoms with van der Waals surface area (Å²) in [7, 11) is 0. The van der Waals surface area contributed by atoms with Gasteiger partial charge in [-0.15, -0.1) is 0 Å². The van der Waals surface area contributed by atoms with E-state index in [-0.39, 0.29) is 17.5 Å². The molecule has 0 radical (unpaired) electrons. The fourth-order valence-corrected chi connectivity index (χ4v) is 3.84. The number of fused-ring (bicyclic) bond motifs is 1. The third kappa shape index (κ3) is 4.01. The first kappa shape index (κ1) is 18.9. The lowest BCUT2D eigenvalue weighted by Crippen LogP contribution is -2.37. The maximum absolute atomic E-state index is 12.9. The second-order valence-electron chi connectivity index (χ2n) is 7.98. The number of hydrogen-bond acceptors (Lipinski definition) is 6. The van der Waals surface area contributed by atoms with Crippen LogP contribution >= 0.6 is 0 Å². The standard InChI is InChI=1S/C20H26N4O4/c1-12(2)9-14-10-15(23-20(26)21-14)19(25)24-6-3-17-16(11-24)22-18(28-17)13-4-7-27-8-5-13/h10,12-13H,3-9,11H2,1-2H3,(H,21,23,26). The molecule has 0 unspecified atom stereocenters. The molecule has 4 rings (SSSR count). The molecule has 0 spiro atoms. The Morgan fingerprint density at radius 2 is 2.11 bits per heavy atom. The summed E-state index contributed by atoms with van der Waals surface area (Å²) in [6.07, 6.45) is 3.15. The van der Waals surface area contributed by atoms with E-state index in [2.05, 4.69) is 28.8 Å². The molecule has 150 valence electrons. The molecule has 8 heteroatoms. The molecule has 4 heterocycles. The predicted molar refractivity (Wildman–Crippen MR) is 101 cm³/mol. The van der Waals surface area contributed by atoms with E-state index in [0.717, 1.165) is 49.1 Å². The summed E-state index contributed by atoms with van der Waals surface area (Å²) in [5.74, 6) is 2.05. The number of nitrogens with zero attached hydrogens (tertiary/aromatic N) is 3. The summed E-state index contributed by atoms with van der Waals surface area (Å²) in [6, 6.07) is 1.69. The molecule has 1 fully saturated rings. The highest BCUT2D eigenvalue weighted by atomic mass is 16.5. The van der Waals surface area contributed by atoms with E-state index in [0.29, 0.717) is 31.8 Å². The molecule has 1 N–H and O–H groups in total. The van der Waals surface area contributed by atoms with Crippen molar-refractivity contribution in [3.63, 3.8) is 0 Å². The molecule has 0 saturated carbocycles. The highest BCUT2D eigenvalue weighted by Gasteiger charge is 2.29. The molecule has 0 aliphatic carbocycles. The van der Waals surface area contributed by atoms with Crippen molar-refractivity contribution in [1.29, 1.82) is 0 Å². The van der Waals surface area contributed by atoms with Crippen LogP contribution in [0.3, 0.4) is 0 Å². The Bertz CT molecular complexity index is 911. The largest absolute Gasteiger partial charge is 0.445 e. The molecule has 1 saturated heterocycles. The van der Waals surface area contributed by atoms with Crippen molar-refractivity contribution in [2.45, 2.75) is 52.0 Å². The molecular formula is C20H26N4O4. The molecule has 0 atom stereocenters. The monoisotopic (exact) mass is 386 g/mol. The number of nitrogens with one attached hydrogen (secondary N) is 1. The Labute approximate surface area is 163 Å². The highest BCUT2D eigenvalue weighted by molar-refractivity contribution is 5.92. The van der Waals surface area contributed by atoms with Crippen LogP contribution < -0.4 is 5.69 Å². The molecule has 2 aliphatic rings. The summed E-state index contributed by atoms with van der Waals surface area (Å²) < 4.78 is 11.4. The lowest BCUT2D eigenvalue weighted by Gasteiger charge is -2.25. The van der Waals surface area contributed by atoms with Gasteiger partial charge >= 0.3 is 5.69 Å². The van der Waals surface area contributed by atoms with E-state index >= 15 is 0 Å². The Morgan fingerprint density at radius 3 is 2.86 bits per heavy atom. The van der Waals surface area contributed by atoms with E-state index in [1.54, 1.807) is 11.0 Å². The van der Waals surface area contributed by atoms with Crippen LogP contribution in [0.4, 0.5) is 0 Å². The SMILES string of the molecule is CC(C)Cc1cc(C(=O)N2CCc3oc(C4CCOCC4)nc3C2)nc(=O)[nH]1. The van der Waals surface area contributed by atoms with Gasteiger partial charge in [0.1, 0.15) is 17.1 Å². The van der Waals surface area contributed by atoms with Gasteiger partial charge in [-0.1, -0.05) is 13.8 Å². The average Bonchev–Trinajstić information content (AvgIpc) is 3.10. The van der Waals surface area contributed by atoms with Crippen molar-refractivity contribution >= 4 is 5.91 Å². The van der Waals surface area contributed by atoms with Gasteiger partial charge in [0, 0.05) is 37.8 Å². The number of rotatable bonds is 4. The number of H-pyrrole nitrogens is 1. The van der Waals surface area contributed by atoms with Gasteiger partial charge in [-0.05, 0) is 31.2 Å². The molecule has 0 aromatic carbocycles. The van der Waals surface area contributed by atoms with Crippen molar-refractivity contribution in [2.24, 2.45) is 5.92 Å². The Balaban J connectivity index is 1.51. The van der Waals surface area contributed by atoms with Crippen molar-refractivity contribution in [3.8, 4) is 0 Å². The van der Waals surface area contributed by atoms with Crippen molar-refractivity contribution < 1.29 is 13.9 Å². The fourth-order valence-electron chi connectivity index (χ4n) is 3.84. The van der Waals surface area contributed by atoms with Gasteiger partial charge in [-0.25, -0.2) is 9.78 Å². The van der Waals surface area contributed by atoms with Crippen LogP contribution in [0.25, 0.3) is 0 Å². The van der Waals surface area contributed by atoms with Crippen LogP contribution in [0.2, 0.25) is 0 Å². The number of amides is 1. The predicted octanol–water partition coefficient (Wildman–Crippen LogP) is 2.05. The molecule has 28 heavy (non-hydrogen) atoms. The maximum atomic E-state index is 12.9. The van der Waals surface area contributed by atoms with Crippen LogP contribution in [0.1, 0.15) is 66.1 Å². The fraction of sp³-hybridized carbons (Fsp3) is 0.600. The topological polar surface area (TPSA) is 101 Å². The number of carbonyl (C=O) groups is 1. The molecule has 0 bridgehead atoms. The first-order valence-corrected chi connectivity index (χ1v) is 9.95. The lowest BCUT2D eigenvalue weighted by molar-refractivity contribution is 0.0719. The van der Waals surface area contributed by atoms with Gasteiger partial charge in [0.25, 0.3) is 5.91 Å². The Kier molecular flexibility index (Phi) is 5.30. The third-order valence-corrected chi connectivity index (χ3v) is 5.25. The van der Waals surface area contributed by atoms with E-state index in [1.807, 2.05) is 0 Å². The average molecular weight is 386 g/mol. The van der Waals surface area contributed by atoms with Gasteiger partial charge in [-0.3, -0.25) is 4.79 Å². The number of ether oxygens (including phenoxy) is 1. The molecule has 2 aliphatic heterocycles. The number of aromatic amines is 1. The van der Waals surface area contributed by atoms with E-state index in [4.69, 9.17) is 9.15 Å². The maximum Gasteiger partial charge on any atom is 0.345 e. The second kappa shape index (κ2) is 7.87. The van der Waals surface area contributed by atoms with Crippen LogP contribution in [0.5, 0.6) is 0 Å². The smallest absolute Gasteiger partial charge is 0.345 e. The van der Waals surface area contributed by atoms with Crippen LogP contribution in [-0.2, 0) is 24.1 Å². The Morgan fingerprint density at radius 1 is 1.32 bits per heavy atom. The summed E-state index contributed by atoms with van der Waals surface area (Å²) in [6.45, 7) is 6.50. The quantitative estimate of drug-likeness (QED) is 0.863. The first-order chi connectivity index (χ1) is 13.5. The molecule has 2 aromatic rings. The second-order valence-corrected chi connectivity index (χ2v) is 7.98. The lowest BCUT2D eigenvalue weighted by atomic mass is 10.0. The van der Waals surface area contributed by atoms with Gasteiger partial charge in [0.15, 0.2) is 5.89 Å². The van der Waals surface area contributed by atoms with Crippen molar-refractivity contribution in [3.05, 3.63) is 45.3 Å². The summed E-state index contributed by atoms with van der Waals surface area (Å²) in [5, 5.41) is 0. The van der Waals surface area contributed by atoms with Gasteiger partial charge in [-0.2, -0.15) is 4.98 Å². The summed E-state index contributed by atoms with van der Waals surface area (Å²) in [5.41, 5.74) is 1.26. The van der Waals surface area contributed by atoms with E-state index in [1.165, 1.54) is 0 Å². The zero-order valence-corrected chi connectivity index (χ0v) is 16.4. The van der Waals surface area contributed by atoms with Crippen molar-refractivity contribution in [1.82, 2.24) is 19.9 Å². The normalized spacial score (nSPS) is 17.8. The molecule has 1 amide bonds. The minimum atomic E-state index is -0.484. The summed E-state index contributed by atoms with van der Waals surface area (Å²) >= 11 is 0. The zero-order chi connectivity index (χ0) is 19.7. The minimum absolute atomic E-state index is 0.191. The molecular weight excluding hydrogens is 360 g/mol. The minimum Gasteiger partial charge on any atom is -0.445 e. The molecule has 2 aromatic heterocycles. The van der Waals surface area contributed by atoms with Crippen molar-refractivity contribution in [2.75, 3.05) is 19.8 Å².